The first-order valence-corrected chi connectivity index (χ1v) is 11.8. The van der Waals surface area contributed by atoms with Crippen molar-refractivity contribution in [1.29, 1.82) is 0 Å². The van der Waals surface area contributed by atoms with E-state index in [9.17, 15) is 10.2 Å². The lowest BCUT2D eigenvalue weighted by Gasteiger charge is -2.57. The monoisotopic (exact) mass is 408 g/mol. The van der Waals surface area contributed by atoms with Crippen LogP contribution >= 0.6 is 0 Å². The molecule has 4 aliphatic rings. The zero-order chi connectivity index (χ0) is 21.1. The lowest BCUT2D eigenvalue weighted by atomic mass is 9.48. The van der Waals surface area contributed by atoms with E-state index in [1.165, 1.54) is 17.6 Å². The minimum absolute atomic E-state index is 0.0185. The van der Waals surface area contributed by atoms with Gasteiger partial charge < -0.3 is 14.9 Å². The van der Waals surface area contributed by atoms with E-state index in [0.29, 0.717) is 17.8 Å². The summed E-state index contributed by atoms with van der Waals surface area (Å²) >= 11 is 0. The quantitative estimate of drug-likeness (QED) is 0.647. The van der Waals surface area contributed by atoms with Crippen LogP contribution in [0.25, 0.3) is 6.08 Å². The van der Waals surface area contributed by atoms with Gasteiger partial charge in [-0.15, -0.1) is 0 Å². The van der Waals surface area contributed by atoms with Gasteiger partial charge in [0.25, 0.3) is 0 Å². The molecule has 162 valence electrons. The van der Waals surface area contributed by atoms with E-state index in [1.54, 1.807) is 7.11 Å². The SMILES string of the molecule is COc1ccc(/C=C2\CC3C4CC=C5CC(O)CCC5(C)C4CCC3(C)C2O)cc1. The highest BCUT2D eigenvalue weighted by Crippen LogP contribution is 2.65. The van der Waals surface area contributed by atoms with Gasteiger partial charge in [-0.3, -0.25) is 0 Å². The summed E-state index contributed by atoms with van der Waals surface area (Å²) in [4.78, 5) is 0. The number of benzene rings is 1. The van der Waals surface area contributed by atoms with Crippen LogP contribution in [0.4, 0.5) is 0 Å². The zero-order valence-electron chi connectivity index (χ0n) is 18.6. The Kier molecular flexibility index (Phi) is 4.91. The van der Waals surface area contributed by atoms with E-state index in [1.807, 2.05) is 12.1 Å². The molecule has 1 aromatic rings. The van der Waals surface area contributed by atoms with Gasteiger partial charge in [0.1, 0.15) is 5.75 Å². The van der Waals surface area contributed by atoms with Crippen LogP contribution in [0.2, 0.25) is 0 Å². The van der Waals surface area contributed by atoms with Crippen molar-refractivity contribution in [3.63, 3.8) is 0 Å². The molecule has 3 saturated carbocycles. The summed E-state index contributed by atoms with van der Waals surface area (Å²) in [5.41, 5.74) is 4.08. The van der Waals surface area contributed by atoms with Gasteiger partial charge in [-0.25, -0.2) is 0 Å². The maximum atomic E-state index is 11.4. The highest BCUT2D eigenvalue weighted by molar-refractivity contribution is 5.56. The molecular formula is C27H36O3. The Morgan fingerprint density at radius 1 is 1.00 bits per heavy atom. The Morgan fingerprint density at radius 2 is 1.77 bits per heavy atom. The van der Waals surface area contributed by atoms with Gasteiger partial charge in [0, 0.05) is 5.41 Å². The Labute approximate surface area is 180 Å². The first-order valence-electron chi connectivity index (χ1n) is 11.8. The molecule has 0 saturated heterocycles. The molecule has 4 aliphatic carbocycles. The molecule has 0 aliphatic heterocycles. The zero-order valence-corrected chi connectivity index (χ0v) is 18.6. The minimum Gasteiger partial charge on any atom is -0.497 e. The van der Waals surface area contributed by atoms with Gasteiger partial charge in [0.2, 0.25) is 0 Å². The van der Waals surface area contributed by atoms with E-state index in [4.69, 9.17) is 4.74 Å². The van der Waals surface area contributed by atoms with Crippen LogP contribution < -0.4 is 4.74 Å². The first-order chi connectivity index (χ1) is 14.3. The fourth-order valence-electron chi connectivity index (χ4n) is 7.55. The second kappa shape index (κ2) is 7.24. The van der Waals surface area contributed by atoms with Crippen LogP contribution in [0, 0.1) is 28.6 Å². The summed E-state index contributed by atoms with van der Waals surface area (Å²) in [5.74, 6) is 2.74. The van der Waals surface area contributed by atoms with Crippen molar-refractivity contribution in [2.45, 2.75) is 71.0 Å². The van der Waals surface area contributed by atoms with Gasteiger partial charge in [0.15, 0.2) is 0 Å². The third kappa shape index (κ3) is 3.00. The normalized spacial score (nSPS) is 44.1. The van der Waals surface area contributed by atoms with Crippen LogP contribution in [0.5, 0.6) is 5.75 Å². The summed E-state index contributed by atoms with van der Waals surface area (Å²) in [5, 5.41) is 21.6. The number of rotatable bonds is 2. The van der Waals surface area contributed by atoms with Gasteiger partial charge in [0.05, 0.1) is 19.3 Å². The van der Waals surface area contributed by atoms with E-state index in [-0.39, 0.29) is 23.0 Å². The number of hydrogen-bond acceptors (Lipinski definition) is 3. The van der Waals surface area contributed by atoms with Crippen molar-refractivity contribution >= 4 is 6.08 Å². The van der Waals surface area contributed by atoms with Crippen molar-refractivity contribution in [3.8, 4) is 5.75 Å². The predicted octanol–water partition coefficient (Wildman–Crippen LogP) is 5.37. The number of ether oxygens (including phenoxy) is 1. The van der Waals surface area contributed by atoms with Gasteiger partial charge in [-0.2, -0.15) is 0 Å². The van der Waals surface area contributed by atoms with Crippen LogP contribution in [0.1, 0.15) is 64.4 Å². The van der Waals surface area contributed by atoms with Crippen LogP contribution in [-0.4, -0.2) is 29.5 Å². The summed E-state index contributed by atoms with van der Waals surface area (Å²) in [6.07, 6.45) is 11.5. The number of hydrogen-bond donors (Lipinski definition) is 2. The molecule has 3 heteroatoms. The Balaban J connectivity index is 1.44. The smallest absolute Gasteiger partial charge is 0.118 e. The number of methoxy groups -OCH3 is 1. The molecule has 3 nitrogen and oxygen atoms in total. The molecule has 0 radical (unpaired) electrons. The number of fused-ring (bicyclic) bond motifs is 5. The molecule has 0 aromatic heterocycles. The average molecular weight is 409 g/mol. The van der Waals surface area contributed by atoms with E-state index >= 15 is 0 Å². The third-order valence-electron chi connectivity index (χ3n) is 9.41. The second-order valence-corrected chi connectivity index (χ2v) is 10.8. The molecule has 7 unspecified atom stereocenters. The second-order valence-electron chi connectivity index (χ2n) is 10.8. The maximum absolute atomic E-state index is 11.4. The highest BCUT2D eigenvalue weighted by Gasteiger charge is 2.59. The summed E-state index contributed by atoms with van der Waals surface area (Å²) in [7, 11) is 1.69. The van der Waals surface area contributed by atoms with Gasteiger partial charge in [-0.1, -0.05) is 43.7 Å². The third-order valence-corrected chi connectivity index (χ3v) is 9.41. The van der Waals surface area contributed by atoms with Crippen molar-refractivity contribution in [1.82, 2.24) is 0 Å². The average Bonchev–Trinajstić information content (AvgIpc) is 3.00. The Hall–Kier alpha value is -1.58. The highest BCUT2D eigenvalue weighted by atomic mass is 16.5. The van der Waals surface area contributed by atoms with E-state index in [2.05, 4.69) is 38.1 Å². The maximum Gasteiger partial charge on any atom is 0.118 e. The standard InChI is InChI=1S/C27H36O3/c1-26-12-10-20(28)16-19(26)6-9-22-23(26)11-13-27(2)24(22)15-18(25(27)29)14-17-4-7-21(30-3)8-5-17/h4-8,14,20,22-25,28-29H,9-13,15-16H2,1-3H3/b18-14+. The number of aliphatic hydroxyl groups excluding tert-OH is 2. The topological polar surface area (TPSA) is 49.7 Å². The van der Waals surface area contributed by atoms with E-state index in [0.717, 1.165) is 49.8 Å². The van der Waals surface area contributed by atoms with Crippen LogP contribution in [-0.2, 0) is 0 Å². The largest absolute Gasteiger partial charge is 0.497 e. The molecular weight excluding hydrogens is 372 g/mol. The summed E-state index contributed by atoms with van der Waals surface area (Å²) < 4.78 is 5.28. The molecule has 2 N–H and O–H groups in total. The molecule has 7 atom stereocenters. The molecule has 5 rings (SSSR count). The van der Waals surface area contributed by atoms with Gasteiger partial charge in [-0.05, 0) is 91.4 Å². The Morgan fingerprint density at radius 3 is 2.50 bits per heavy atom. The molecule has 0 amide bonds. The van der Waals surface area contributed by atoms with Crippen LogP contribution in [0.15, 0.2) is 41.5 Å². The van der Waals surface area contributed by atoms with Crippen molar-refractivity contribution in [2.24, 2.45) is 28.6 Å². The van der Waals surface area contributed by atoms with E-state index < -0.39 is 0 Å². The van der Waals surface area contributed by atoms with Gasteiger partial charge >= 0.3 is 0 Å². The van der Waals surface area contributed by atoms with Crippen LogP contribution in [0.3, 0.4) is 0 Å². The fraction of sp³-hybridized carbons (Fsp3) is 0.630. The van der Waals surface area contributed by atoms with Crippen molar-refractivity contribution in [2.75, 3.05) is 7.11 Å². The first kappa shape index (κ1) is 20.3. The molecule has 0 heterocycles. The lowest BCUT2D eigenvalue weighted by molar-refractivity contribution is -0.0685. The number of allylic oxidation sites excluding steroid dienone is 1. The fourth-order valence-corrected chi connectivity index (χ4v) is 7.55. The summed E-state index contributed by atoms with van der Waals surface area (Å²) in [6.45, 7) is 4.79. The number of aliphatic hydroxyl groups is 2. The molecule has 0 spiro atoms. The molecule has 3 fully saturated rings. The molecule has 0 bridgehead atoms. The predicted molar refractivity (Wildman–Crippen MR) is 120 cm³/mol. The van der Waals surface area contributed by atoms with Crippen molar-refractivity contribution in [3.05, 3.63) is 47.1 Å². The molecule has 30 heavy (non-hydrogen) atoms. The Bertz CT molecular complexity index is 869. The molecule has 1 aromatic carbocycles. The lowest BCUT2D eigenvalue weighted by Crippen LogP contribution is -2.51. The minimum atomic E-state index is -0.350. The summed E-state index contributed by atoms with van der Waals surface area (Å²) in [6, 6.07) is 8.14. The van der Waals surface area contributed by atoms with Crippen molar-refractivity contribution < 1.29 is 14.9 Å².